The van der Waals surface area contributed by atoms with E-state index in [-0.39, 0.29) is 5.92 Å². The van der Waals surface area contributed by atoms with E-state index < -0.39 is 0 Å². The number of likely N-dealkylation sites (tertiary alicyclic amines) is 1. The Labute approximate surface area is 111 Å². The van der Waals surface area contributed by atoms with E-state index in [1.165, 1.54) is 12.8 Å². The molecule has 3 heteroatoms. The van der Waals surface area contributed by atoms with Crippen molar-refractivity contribution < 1.29 is 9.53 Å². The smallest absolute Gasteiger partial charge is 0.226 e. The van der Waals surface area contributed by atoms with Crippen LogP contribution in [0, 0.1) is 11.8 Å². The van der Waals surface area contributed by atoms with E-state index in [1.807, 2.05) is 0 Å². The van der Waals surface area contributed by atoms with Gasteiger partial charge in [0, 0.05) is 31.2 Å². The van der Waals surface area contributed by atoms with Gasteiger partial charge in [0.1, 0.15) is 0 Å². The summed E-state index contributed by atoms with van der Waals surface area (Å²) in [6, 6.07) is 0.916. The van der Waals surface area contributed by atoms with Crippen LogP contribution in [-0.4, -0.2) is 36.1 Å². The van der Waals surface area contributed by atoms with E-state index in [0.717, 1.165) is 32.5 Å². The van der Waals surface area contributed by atoms with Crippen molar-refractivity contribution in [3.05, 3.63) is 0 Å². The van der Waals surface area contributed by atoms with Crippen molar-refractivity contribution in [2.24, 2.45) is 11.8 Å². The molecule has 0 bridgehead atoms. The van der Waals surface area contributed by atoms with Crippen molar-refractivity contribution >= 4 is 5.91 Å². The quantitative estimate of drug-likeness (QED) is 0.774. The molecule has 18 heavy (non-hydrogen) atoms. The third-order valence-electron chi connectivity index (χ3n) is 4.87. The zero-order valence-electron chi connectivity index (χ0n) is 12.0. The second-order valence-corrected chi connectivity index (χ2v) is 5.97. The van der Waals surface area contributed by atoms with Crippen LogP contribution < -0.4 is 0 Å². The second-order valence-electron chi connectivity index (χ2n) is 5.97. The predicted octanol–water partition coefficient (Wildman–Crippen LogP) is 2.84. The molecule has 2 heterocycles. The Morgan fingerprint density at radius 2 is 1.94 bits per heavy atom. The fourth-order valence-electron chi connectivity index (χ4n) is 3.52. The van der Waals surface area contributed by atoms with Gasteiger partial charge in [-0.3, -0.25) is 4.79 Å². The lowest BCUT2D eigenvalue weighted by molar-refractivity contribution is -0.140. The topological polar surface area (TPSA) is 29.5 Å². The Morgan fingerprint density at radius 3 is 2.56 bits per heavy atom. The fourth-order valence-corrected chi connectivity index (χ4v) is 3.52. The number of carbonyl (C=O) groups excluding carboxylic acids is 1. The SMILES string of the molecule is CCC1CCC(C)N1C(=O)C(C)C1CCOCC1. The molecule has 1 amide bonds. The molecular weight excluding hydrogens is 226 g/mol. The van der Waals surface area contributed by atoms with Gasteiger partial charge in [0.15, 0.2) is 0 Å². The first-order valence-corrected chi connectivity index (χ1v) is 7.55. The van der Waals surface area contributed by atoms with E-state index >= 15 is 0 Å². The molecule has 3 atom stereocenters. The van der Waals surface area contributed by atoms with Crippen molar-refractivity contribution in [1.82, 2.24) is 4.90 Å². The molecular formula is C15H27NO2. The summed E-state index contributed by atoms with van der Waals surface area (Å²) in [5, 5.41) is 0. The monoisotopic (exact) mass is 253 g/mol. The van der Waals surface area contributed by atoms with Crippen LogP contribution in [0.15, 0.2) is 0 Å². The highest BCUT2D eigenvalue weighted by Crippen LogP contribution is 2.31. The van der Waals surface area contributed by atoms with E-state index in [4.69, 9.17) is 4.74 Å². The zero-order valence-corrected chi connectivity index (χ0v) is 12.0. The highest BCUT2D eigenvalue weighted by atomic mass is 16.5. The number of hydrogen-bond donors (Lipinski definition) is 0. The standard InChI is InChI=1S/C15H27NO2/c1-4-14-6-5-11(2)16(14)15(17)12(3)13-7-9-18-10-8-13/h11-14H,4-10H2,1-3H3. The van der Waals surface area contributed by atoms with Gasteiger partial charge in [-0.25, -0.2) is 0 Å². The van der Waals surface area contributed by atoms with Gasteiger partial charge in [0.2, 0.25) is 5.91 Å². The molecule has 2 aliphatic rings. The summed E-state index contributed by atoms with van der Waals surface area (Å²) in [7, 11) is 0. The second kappa shape index (κ2) is 6.05. The van der Waals surface area contributed by atoms with Crippen LogP contribution in [0.1, 0.15) is 52.9 Å². The zero-order chi connectivity index (χ0) is 13.1. The average molecular weight is 253 g/mol. The van der Waals surface area contributed by atoms with Crippen LogP contribution in [-0.2, 0) is 9.53 Å². The molecule has 0 aliphatic carbocycles. The van der Waals surface area contributed by atoms with Crippen molar-refractivity contribution in [2.75, 3.05) is 13.2 Å². The highest BCUT2D eigenvalue weighted by Gasteiger charge is 2.37. The number of amides is 1. The molecule has 0 saturated carbocycles. The van der Waals surface area contributed by atoms with Gasteiger partial charge in [-0.2, -0.15) is 0 Å². The Morgan fingerprint density at radius 1 is 1.28 bits per heavy atom. The molecule has 2 fully saturated rings. The maximum Gasteiger partial charge on any atom is 0.226 e. The summed E-state index contributed by atoms with van der Waals surface area (Å²) >= 11 is 0. The van der Waals surface area contributed by atoms with E-state index in [2.05, 4.69) is 25.7 Å². The van der Waals surface area contributed by atoms with Gasteiger partial charge in [-0.15, -0.1) is 0 Å². The van der Waals surface area contributed by atoms with Crippen LogP contribution >= 0.6 is 0 Å². The molecule has 0 spiro atoms. The van der Waals surface area contributed by atoms with E-state index in [9.17, 15) is 4.79 Å². The average Bonchev–Trinajstić information content (AvgIpc) is 2.79. The Kier molecular flexibility index (Phi) is 4.66. The Hall–Kier alpha value is -0.570. The van der Waals surface area contributed by atoms with Crippen LogP contribution in [0.4, 0.5) is 0 Å². The van der Waals surface area contributed by atoms with E-state index in [1.54, 1.807) is 0 Å². The number of ether oxygens (including phenoxy) is 1. The minimum Gasteiger partial charge on any atom is -0.381 e. The van der Waals surface area contributed by atoms with Crippen molar-refractivity contribution in [3.8, 4) is 0 Å². The normalized spacial score (nSPS) is 31.6. The lowest BCUT2D eigenvalue weighted by atomic mass is 9.86. The molecule has 2 rings (SSSR count). The maximum absolute atomic E-state index is 12.7. The van der Waals surface area contributed by atoms with Crippen LogP contribution in [0.3, 0.4) is 0 Å². The van der Waals surface area contributed by atoms with Crippen molar-refractivity contribution in [2.45, 2.75) is 65.0 Å². The first-order chi connectivity index (χ1) is 8.65. The first kappa shape index (κ1) is 13.9. The first-order valence-electron chi connectivity index (χ1n) is 7.55. The number of rotatable bonds is 3. The number of carbonyl (C=O) groups is 1. The number of hydrogen-bond acceptors (Lipinski definition) is 2. The van der Waals surface area contributed by atoms with Gasteiger partial charge in [0.25, 0.3) is 0 Å². The summed E-state index contributed by atoms with van der Waals surface area (Å²) in [5.41, 5.74) is 0. The lowest BCUT2D eigenvalue weighted by Gasteiger charge is -2.34. The predicted molar refractivity (Wildman–Crippen MR) is 72.3 cm³/mol. The molecule has 0 aromatic carbocycles. The molecule has 0 aromatic heterocycles. The highest BCUT2D eigenvalue weighted by molar-refractivity contribution is 5.79. The molecule has 3 nitrogen and oxygen atoms in total. The molecule has 0 N–H and O–H groups in total. The van der Waals surface area contributed by atoms with Crippen LogP contribution in [0.5, 0.6) is 0 Å². The molecule has 0 radical (unpaired) electrons. The van der Waals surface area contributed by atoms with Gasteiger partial charge in [-0.05, 0) is 44.9 Å². The summed E-state index contributed by atoms with van der Waals surface area (Å²) in [5.74, 6) is 1.08. The third kappa shape index (κ3) is 2.71. The van der Waals surface area contributed by atoms with Gasteiger partial charge >= 0.3 is 0 Å². The van der Waals surface area contributed by atoms with Gasteiger partial charge in [-0.1, -0.05) is 13.8 Å². The summed E-state index contributed by atoms with van der Waals surface area (Å²) in [6.45, 7) is 8.17. The third-order valence-corrected chi connectivity index (χ3v) is 4.87. The van der Waals surface area contributed by atoms with Crippen LogP contribution in [0.25, 0.3) is 0 Å². The largest absolute Gasteiger partial charge is 0.381 e. The molecule has 3 unspecified atom stereocenters. The fraction of sp³-hybridized carbons (Fsp3) is 0.933. The summed E-state index contributed by atoms with van der Waals surface area (Å²) in [4.78, 5) is 14.9. The van der Waals surface area contributed by atoms with Crippen LogP contribution in [0.2, 0.25) is 0 Å². The van der Waals surface area contributed by atoms with Gasteiger partial charge < -0.3 is 9.64 Å². The molecule has 2 saturated heterocycles. The van der Waals surface area contributed by atoms with Crippen molar-refractivity contribution in [3.63, 3.8) is 0 Å². The molecule has 104 valence electrons. The molecule has 0 aromatic rings. The minimum atomic E-state index is 0.170. The van der Waals surface area contributed by atoms with E-state index in [0.29, 0.717) is 23.9 Å². The Balaban J connectivity index is 2.00. The maximum atomic E-state index is 12.7. The summed E-state index contributed by atoms with van der Waals surface area (Å²) < 4.78 is 5.39. The Bertz CT molecular complexity index is 286. The lowest BCUT2D eigenvalue weighted by Crippen LogP contribution is -2.45. The van der Waals surface area contributed by atoms with Crippen molar-refractivity contribution in [1.29, 1.82) is 0 Å². The number of nitrogens with zero attached hydrogens (tertiary/aromatic N) is 1. The van der Waals surface area contributed by atoms with Gasteiger partial charge in [0.05, 0.1) is 0 Å². The summed E-state index contributed by atoms with van der Waals surface area (Å²) in [6.07, 6.45) is 5.54. The minimum absolute atomic E-state index is 0.170. The molecule has 2 aliphatic heterocycles.